The molecule has 3 aliphatic rings. The molecule has 1 N–H and O–H groups in total. The molecule has 2 amide bonds. The summed E-state index contributed by atoms with van der Waals surface area (Å²) in [7, 11) is 0. The number of rotatable bonds is 3. The number of carbonyl (C=O) groups excluding carboxylic acids is 2. The van der Waals surface area contributed by atoms with E-state index in [2.05, 4.69) is 21.8 Å². The van der Waals surface area contributed by atoms with Crippen LogP contribution in [0.25, 0.3) is 22.2 Å². The highest BCUT2D eigenvalue weighted by molar-refractivity contribution is 6.04. The molecular formula is C25H24F2N6O4. The molecule has 192 valence electrons. The van der Waals surface area contributed by atoms with E-state index in [-0.39, 0.29) is 59.5 Å². The number of fused-ring (bicyclic) bond motifs is 3. The zero-order valence-electron chi connectivity index (χ0n) is 19.9. The first kappa shape index (κ1) is 23.3. The number of halogens is 2. The van der Waals surface area contributed by atoms with Gasteiger partial charge >= 0.3 is 0 Å². The second-order valence-corrected chi connectivity index (χ2v) is 9.11. The van der Waals surface area contributed by atoms with Gasteiger partial charge in [-0.15, -0.1) is 0 Å². The number of pyridine rings is 1. The lowest BCUT2D eigenvalue weighted by Gasteiger charge is -2.39. The fourth-order valence-electron chi connectivity index (χ4n) is 5.16. The van der Waals surface area contributed by atoms with Crippen LogP contribution in [0.15, 0.2) is 31.0 Å². The van der Waals surface area contributed by atoms with Crippen LogP contribution in [-0.4, -0.2) is 95.4 Å². The number of nitrogens with one attached hydrogen (secondary N) is 1. The van der Waals surface area contributed by atoms with Crippen molar-refractivity contribution in [3.63, 3.8) is 0 Å². The molecule has 3 aliphatic heterocycles. The highest BCUT2D eigenvalue weighted by atomic mass is 19.1. The fraction of sp³-hybridized carbons (Fsp3) is 0.360. The minimum absolute atomic E-state index is 0.00802. The van der Waals surface area contributed by atoms with Crippen molar-refractivity contribution in [2.75, 3.05) is 57.4 Å². The van der Waals surface area contributed by atoms with Gasteiger partial charge in [0.15, 0.2) is 11.6 Å². The van der Waals surface area contributed by atoms with Crippen LogP contribution < -0.4 is 9.64 Å². The van der Waals surface area contributed by atoms with E-state index in [4.69, 9.17) is 9.47 Å². The number of nitrogens with zero attached hydrogens (tertiary/aromatic N) is 5. The summed E-state index contributed by atoms with van der Waals surface area (Å²) in [6, 6.07) is 2.27. The summed E-state index contributed by atoms with van der Waals surface area (Å²) in [6.07, 6.45) is 2.73. The number of anilines is 1. The van der Waals surface area contributed by atoms with Gasteiger partial charge in [-0.1, -0.05) is 6.58 Å². The number of benzene rings is 1. The van der Waals surface area contributed by atoms with E-state index < -0.39 is 23.6 Å². The van der Waals surface area contributed by atoms with Gasteiger partial charge in [-0.3, -0.25) is 14.7 Å². The second kappa shape index (κ2) is 9.11. The Kier molecular flexibility index (Phi) is 5.75. The number of hydrogen-bond acceptors (Lipinski definition) is 7. The van der Waals surface area contributed by atoms with Crippen molar-refractivity contribution in [2.45, 2.75) is 6.04 Å². The van der Waals surface area contributed by atoms with Crippen LogP contribution in [0.5, 0.6) is 5.75 Å². The Morgan fingerprint density at radius 2 is 1.97 bits per heavy atom. The van der Waals surface area contributed by atoms with Crippen molar-refractivity contribution in [1.29, 1.82) is 0 Å². The van der Waals surface area contributed by atoms with Crippen molar-refractivity contribution in [3.05, 3.63) is 48.2 Å². The summed E-state index contributed by atoms with van der Waals surface area (Å²) < 4.78 is 42.8. The molecule has 12 heteroatoms. The van der Waals surface area contributed by atoms with Crippen LogP contribution in [0.2, 0.25) is 0 Å². The first-order chi connectivity index (χ1) is 18.0. The highest BCUT2D eigenvalue weighted by Gasteiger charge is 2.41. The standard InChI is InChI=1S/C25H24F2N6O4/c1-2-17(34)32-5-6-33-15(12-32)13-37-23-19(25(33)35)24(31-7-9-36-10-8-31)29-22(20(23)27)18-16(26)4-3-14-11-28-30-21(14)18/h2-4,11,15H,1,5-10,12-13H2,(H,28,30)/t15-/m1/s1. The van der Waals surface area contributed by atoms with Crippen LogP contribution in [0, 0.1) is 11.6 Å². The van der Waals surface area contributed by atoms with Crippen LogP contribution in [0.3, 0.4) is 0 Å². The maximum absolute atomic E-state index is 16.2. The molecule has 0 spiro atoms. The Hall–Kier alpha value is -4.06. The smallest absolute Gasteiger partial charge is 0.262 e. The van der Waals surface area contributed by atoms with Gasteiger partial charge in [-0.2, -0.15) is 5.10 Å². The van der Waals surface area contributed by atoms with Gasteiger partial charge in [-0.25, -0.2) is 13.8 Å². The predicted molar refractivity (Wildman–Crippen MR) is 129 cm³/mol. The summed E-state index contributed by atoms with van der Waals surface area (Å²) in [6.45, 7) is 5.90. The molecule has 1 aromatic carbocycles. The first-order valence-corrected chi connectivity index (χ1v) is 12.0. The lowest BCUT2D eigenvalue weighted by atomic mass is 10.0. The molecule has 3 aromatic rings. The van der Waals surface area contributed by atoms with Crippen molar-refractivity contribution < 1.29 is 27.8 Å². The van der Waals surface area contributed by atoms with Gasteiger partial charge in [-0.05, 0) is 18.2 Å². The number of aromatic amines is 1. The third-order valence-electron chi connectivity index (χ3n) is 7.05. The number of hydrogen-bond donors (Lipinski definition) is 1. The topological polar surface area (TPSA) is 104 Å². The van der Waals surface area contributed by atoms with Crippen LogP contribution in [0.1, 0.15) is 10.4 Å². The lowest BCUT2D eigenvalue weighted by Crippen LogP contribution is -2.57. The minimum Gasteiger partial charge on any atom is -0.487 e. The Bertz CT molecular complexity index is 1420. The Labute approximate surface area is 210 Å². The zero-order chi connectivity index (χ0) is 25.7. The molecule has 5 heterocycles. The fourth-order valence-corrected chi connectivity index (χ4v) is 5.16. The summed E-state index contributed by atoms with van der Waals surface area (Å²) in [5.41, 5.74) is -0.0872. The van der Waals surface area contributed by atoms with Gasteiger partial charge < -0.3 is 24.2 Å². The van der Waals surface area contributed by atoms with Crippen molar-refractivity contribution in [2.24, 2.45) is 0 Å². The number of carbonyl (C=O) groups is 2. The summed E-state index contributed by atoms with van der Waals surface area (Å²) in [5, 5.41) is 7.27. The molecule has 0 aliphatic carbocycles. The van der Waals surface area contributed by atoms with E-state index in [0.29, 0.717) is 38.2 Å². The molecule has 2 fully saturated rings. The van der Waals surface area contributed by atoms with E-state index in [1.807, 2.05) is 4.90 Å². The van der Waals surface area contributed by atoms with Gasteiger partial charge in [0.2, 0.25) is 5.91 Å². The SMILES string of the molecule is C=CC(=O)N1CCN2C(=O)c3c(N4CCOCC4)nc(-c4c(F)ccc5cn[nH]c45)c(F)c3OC[C@H]2C1. The largest absolute Gasteiger partial charge is 0.487 e. The van der Waals surface area contributed by atoms with Crippen LogP contribution >= 0.6 is 0 Å². The molecule has 0 bridgehead atoms. The summed E-state index contributed by atoms with van der Waals surface area (Å²) >= 11 is 0. The first-order valence-electron chi connectivity index (χ1n) is 12.0. The maximum atomic E-state index is 16.2. The lowest BCUT2D eigenvalue weighted by molar-refractivity contribution is -0.128. The number of amides is 2. The second-order valence-electron chi connectivity index (χ2n) is 9.11. The number of H-pyrrole nitrogens is 1. The molecule has 0 radical (unpaired) electrons. The molecule has 2 saturated heterocycles. The van der Waals surface area contributed by atoms with Gasteiger partial charge in [0.1, 0.15) is 29.5 Å². The minimum atomic E-state index is -0.930. The molecule has 0 saturated carbocycles. The van der Waals surface area contributed by atoms with Crippen LogP contribution in [-0.2, 0) is 9.53 Å². The van der Waals surface area contributed by atoms with Gasteiger partial charge in [0, 0.05) is 38.1 Å². The van der Waals surface area contributed by atoms with E-state index in [9.17, 15) is 9.59 Å². The maximum Gasteiger partial charge on any atom is 0.262 e. The van der Waals surface area contributed by atoms with Crippen molar-refractivity contribution in [3.8, 4) is 17.0 Å². The Morgan fingerprint density at radius 3 is 2.76 bits per heavy atom. The monoisotopic (exact) mass is 510 g/mol. The molecular weight excluding hydrogens is 486 g/mol. The van der Waals surface area contributed by atoms with E-state index in [1.54, 1.807) is 9.80 Å². The van der Waals surface area contributed by atoms with E-state index in [1.165, 1.54) is 24.4 Å². The normalized spacial score (nSPS) is 19.8. The van der Waals surface area contributed by atoms with Crippen molar-refractivity contribution >= 4 is 28.5 Å². The number of morpholine rings is 1. The molecule has 1 atom stereocenters. The summed E-state index contributed by atoms with van der Waals surface area (Å²) in [4.78, 5) is 35.6. The van der Waals surface area contributed by atoms with Crippen LogP contribution in [0.4, 0.5) is 14.6 Å². The number of aromatic nitrogens is 3. The van der Waals surface area contributed by atoms with Crippen molar-refractivity contribution in [1.82, 2.24) is 25.0 Å². The quantitative estimate of drug-likeness (QED) is 0.538. The molecule has 10 nitrogen and oxygen atoms in total. The Balaban J connectivity index is 1.52. The average molecular weight is 511 g/mol. The van der Waals surface area contributed by atoms with Gasteiger partial charge in [0.25, 0.3) is 5.91 Å². The zero-order valence-corrected chi connectivity index (χ0v) is 19.9. The molecule has 37 heavy (non-hydrogen) atoms. The third-order valence-corrected chi connectivity index (χ3v) is 7.05. The number of piperazine rings is 1. The predicted octanol–water partition coefficient (Wildman–Crippen LogP) is 1.97. The van der Waals surface area contributed by atoms with Gasteiger partial charge in [0.05, 0.1) is 36.5 Å². The molecule has 6 rings (SSSR count). The van der Waals surface area contributed by atoms with E-state index >= 15 is 8.78 Å². The number of ether oxygens (including phenoxy) is 2. The summed E-state index contributed by atoms with van der Waals surface area (Å²) in [5.74, 6) is -2.37. The average Bonchev–Trinajstić information content (AvgIpc) is 3.35. The highest BCUT2D eigenvalue weighted by Crippen LogP contribution is 2.41. The Morgan fingerprint density at radius 1 is 1.16 bits per heavy atom. The van der Waals surface area contributed by atoms with E-state index in [0.717, 1.165) is 0 Å². The third kappa shape index (κ3) is 3.79. The molecule has 2 aromatic heterocycles. The molecule has 0 unspecified atom stereocenters.